The zero-order valence-electron chi connectivity index (χ0n) is 25.8. The molecule has 1 fully saturated rings. The maximum absolute atomic E-state index is 14.0. The lowest BCUT2D eigenvalue weighted by Gasteiger charge is -2.36. The van der Waals surface area contributed by atoms with E-state index in [0.29, 0.717) is 17.7 Å². The molecule has 12 nitrogen and oxygen atoms in total. The van der Waals surface area contributed by atoms with Crippen molar-refractivity contribution in [1.82, 2.24) is 19.8 Å². The number of hydrogen-bond donors (Lipinski definition) is 3. The molecule has 244 valence electrons. The lowest BCUT2D eigenvalue weighted by molar-refractivity contribution is -0.141. The molecule has 47 heavy (non-hydrogen) atoms. The van der Waals surface area contributed by atoms with Crippen molar-refractivity contribution < 1.29 is 27.6 Å². The third-order valence-corrected chi connectivity index (χ3v) is 9.20. The summed E-state index contributed by atoms with van der Waals surface area (Å²) in [6, 6.07) is 27.1. The van der Waals surface area contributed by atoms with Gasteiger partial charge in [0.05, 0.1) is 4.90 Å². The van der Waals surface area contributed by atoms with Gasteiger partial charge in [0, 0.05) is 45.2 Å². The predicted octanol–water partition coefficient (Wildman–Crippen LogP) is 2.97. The number of rotatable bonds is 10. The molecule has 3 amide bonds. The van der Waals surface area contributed by atoms with Crippen LogP contribution in [0.1, 0.15) is 23.6 Å². The Morgan fingerprint density at radius 2 is 1.49 bits per heavy atom. The third kappa shape index (κ3) is 8.71. The lowest BCUT2D eigenvalue weighted by Crippen LogP contribution is -2.57. The number of nitrogens with two attached hydrogens (primary N) is 1. The zero-order valence-corrected chi connectivity index (χ0v) is 26.7. The molecule has 0 aromatic heterocycles. The van der Waals surface area contributed by atoms with Gasteiger partial charge in [0.15, 0.2) is 5.84 Å². The maximum Gasteiger partial charge on any atom is 0.332 e. The van der Waals surface area contributed by atoms with Crippen molar-refractivity contribution >= 4 is 44.5 Å². The van der Waals surface area contributed by atoms with Crippen molar-refractivity contribution in [2.45, 2.75) is 30.8 Å². The number of oxime groups is 1. The van der Waals surface area contributed by atoms with Crippen LogP contribution in [-0.2, 0) is 37.4 Å². The summed E-state index contributed by atoms with van der Waals surface area (Å²) in [6.07, 6.45) is -0.00188. The molecule has 0 saturated carbocycles. The summed E-state index contributed by atoms with van der Waals surface area (Å²) in [5.41, 5.74) is 7.99. The Balaban J connectivity index is 1.33. The first-order valence-electron chi connectivity index (χ1n) is 15.1. The molecule has 5 rings (SSSR count). The number of piperazine rings is 1. The highest BCUT2D eigenvalue weighted by atomic mass is 32.2. The van der Waals surface area contributed by atoms with Gasteiger partial charge in [-0.3, -0.25) is 4.79 Å². The number of sulfonamides is 1. The van der Waals surface area contributed by atoms with Gasteiger partial charge in [-0.2, -0.15) is 4.72 Å². The number of nitrogens with one attached hydrogen (secondary N) is 2. The number of hydrogen-bond acceptors (Lipinski definition) is 7. The van der Waals surface area contributed by atoms with Crippen molar-refractivity contribution in [3.8, 4) is 0 Å². The van der Waals surface area contributed by atoms with E-state index in [-0.39, 0.29) is 49.4 Å². The number of nitrogens with zero attached hydrogens (tertiary/aromatic N) is 3. The van der Waals surface area contributed by atoms with Crippen LogP contribution in [-0.4, -0.2) is 74.2 Å². The zero-order chi connectivity index (χ0) is 33.4. The fourth-order valence-corrected chi connectivity index (χ4v) is 6.49. The summed E-state index contributed by atoms with van der Waals surface area (Å²) in [6.45, 7) is 2.61. The van der Waals surface area contributed by atoms with Gasteiger partial charge in [-0.05, 0) is 46.5 Å². The Morgan fingerprint density at radius 1 is 0.830 bits per heavy atom. The normalized spacial score (nSPS) is 14.4. The van der Waals surface area contributed by atoms with E-state index >= 15 is 0 Å². The molecule has 0 aliphatic carbocycles. The summed E-state index contributed by atoms with van der Waals surface area (Å²) in [5, 5.41) is 8.15. The van der Waals surface area contributed by atoms with Crippen molar-refractivity contribution in [1.29, 1.82) is 0 Å². The van der Waals surface area contributed by atoms with E-state index in [4.69, 9.17) is 5.73 Å². The molecule has 1 heterocycles. The molecule has 0 spiro atoms. The average molecular weight is 657 g/mol. The number of carbonyl (C=O) groups excluding carboxylic acids is 3. The van der Waals surface area contributed by atoms with Crippen LogP contribution >= 0.6 is 0 Å². The fraction of sp³-hybridized carbons (Fsp3) is 0.235. The van der Waals surface area contributed by atoms with Gasteiger partial charge < -0.3 is 25.7 Å². The highest BCUT2D eigenvalue weighted by Crippen LogP contribution is 2.20. The Kier molecular flexibility index (Phi) is 10.5. The Bertz CT molecular complexity index is 1890. The minimum Gasteiger partial charge on any atom is -0.380 e. The maximum atomic E-state index is 14.0. The third-order valence-electron chi connectivity index (χ3n) is 7.73. The molecule has 0 radical (unpaired) electrons. The molecule has 4 aromatic rings. The molecule has 1 atom stereocenters. The van der Waals surface area contributed by atoms with Crippen molar-refractivity contribution in [3.05, 3.63) is 114 Å². The molecule has 1 aliphatic rings. The van der Waals surface area contributed by atoms with Crippen LogP contribution in [0.5, 0.6) is 0 Å². The first-order chi connectivity index (χ1) is 22.6. The lowest BCUT2D eigenvalue weighted by atomic mass is 10.0. The van der Waals surface area contributed by atoms with E-state index in [1.54, 1.807) is 46.2 Å². The van der Waals surface area contributed by atoms with Crippen LogP contribution in [0.2, 0.25) is 0 Å². The number of fused-ring (bicyclic) bond motifs is 1. The van der Waals surface area contributed by atoms with E-state index in [1.807, 2.05) is 54.6 Å². The average Bonchev–Trinajstić information content (AvgIpc) is 3.09. The molecular formula is C34H36N6O6S. The monoisotopic (exact) mass is 656 g/mol. The largest absolute Gasteiger partial charge is 0.380 e. The molecule has 4 N–H and O–H groups in total. The molecule has 1 aliphatic heterocycles. The van der Waals surface area contributed by atoms with Gasteiger partial charge in [0.1, 0.15) is 6.04 Å². The van der Waals surface area contributed by atoms with Crippen LogP contribution in [0.3, 0.4) is 0 Å². The summed E-state index contributed by atoms with van der Waals surface area (Å²) < 4.78 is 30.0. The van der Waals surface area contributed by atoms with E-state index < -0.39 is 27.9 Å². The molecule has 1 saturated heterocycles. The first-order valence-corrected chi connectivity index (χ1v) is 16.5. The minimum absolute atomic E-state index is 0.00188. The summed E-state index contributed by atoms with van der Waals surface area (Å²) in [7, 11) is -4.14. The van der Waals surface area contributed by atoms with E-state index in [9.17, 15) is 22.8 Å². The van der Waals surface area contributed by atoms with Gasteiger partial charge >= 0.3 is 12.0 Å². The van der Waals surface area contributed by atoms with Crippen LogP contribution in [0.25, 0.3) is 10.8 Å². The summed E-state index contributed by atoms with van der Waals surface area (Å²) >= 11 is 0. The van der Waals surface area contributed by atoms with Gasteiger partial charge in [0.25, 0.3) is 0 Å². The van der Waals surface area contributed by atoms with Gasteiger partial charge in [-0.25, -0.2) is 18.0 Å². The second-order valence-corrected chi connectivity index (χ2v) is 12.8. The number of urea groups is 1. The van der Waals surface area contributed by atoms with Crippen LogP contribution in [0.4, 0.5) is 4.79 Å². The summed E-state index contributed by atoms with van der Waals surface area (Å²) in [4.78, 5) is 45.8. The van der Waals surface area contributed by atoms with Crippen molar-refractivity contribution in [3.63, 3.8) is 0 Å². The molecule has 0 unspecified atom stereocenters. The van der Waals surface area contributed by atoms with Crippen LogP contribution in [0.15, 0.2) is 107 Å². The van der Waals surface area contributed by atoms with Gasteiger partial charge in [0.2, 0.25) is 15.9 Å². The smallest absolute Gasteiger partial charge is 0.332 e. The van der Waals surface area contributed by atoms with Crippen LogP contribution < -0.4 is 15.8 Å². The second-order valence-electron chi connectivity index (χ2n) is 11.1. The Hall–Kier alpha value is -5.27. The topological polar surface area (TPSA) is 164 Å². The van der Waals surface area contributed by atoms with E-state index in [1.165, 1.54) is 13.0 Å². The van der Waals surface area contributed by atoms with Gasteiger partial charge in [-0.1, -0.05) is 84.0 Å². The number of amides is 3. The quantitative estimate of drug-likeness (QED) is 0.102. The van der Waals surface area contributed by atoms with E-state index in [0.717, 1.165) is 16.3 Å². The number of amidine groups is 1. The highest BCUT2D eigenvalue weighted by molar-refractivity contribution is 7.89. The number of carbonyl (C=O) groups is 3. The predicted molar refractivity (Wildman–Crippen MR) is 178 cm³/mol. The second kappa shape index (κ2) is 14.9. The van der Waals surface area contributed by atoms with Gasteiger partial charge in [-0.15, -0.1) is 0 Å². The van der Waals surface area contributed by atoms with E-state index in [2.05, 4.69) is 20.0 Å². The SMILES string of the molecule is CC(=O)O/N=C(\N)c1cccc(C[C@H](NS(=O)(=O)c2ccc3ccccc3c2)C(=O)N2CCN(C(=O)NCc3ccccc3)CC2)c1. The molecule has 13 heteroatoms. The van der Waals surface area contributed by atoms with Crippen molar-refractivity contribution in [2.75, 3.05) is 26.2 Å². The Morgan fingerprint density at radius 3 is 2.21 bits per heavy atom. The number of benzene rings is 4. The molecule has 0 bridgehead atoms. The minimum atomic E-state index is -4.14. The highest BCUT2D eigenvalue weighted by Gasteiger charge is 2.32. The molecular weight excluding hydrogens is 620 g/mol. The molecule has 4 aromatic carbocycles. The van der Waals surface area contributed by atoms with Crippen molar-refractivity contribution in [2.24, 2.45) is 10.9 Å². The summed E-state index contributed by atoms with van der Waals surface area (Å²) in [5.74, 6) is -1.11. The Labute approximate surface area is 273 Å². The standard InChI is InChI=1S/C34H36N6O6S/c1-24(41)46-37-32(35)29-13-7-10-26(20-29)21-31(38-47(44,45)30-15-14-27-11-5-6-12-28(27)22-30)33(42)39-16-18-40(19-17-39)34(43)36-23-25-8-3-2-4-9-25/h2-15,20,22,31,38H,16-19,21,23H2,1H3,(H2,35,37)(H,36,43)/t31-/m0/s1. The first kappa shape index (κ1) is 33.1. The fourth-order valence-electron chi connectivity index (χ4n) is 5.26. The van der Waals surface area contributed by atoms with Crippen LogP contribution in [0, 0.1) is 0 Å².